The van der Waals surface area contributed by atoms with Crippen molar-refractivity contribution in [2.45, 2.75) is 49.0 Å². The Balaban J connectivity index is 1.24. The number of aliphatic hydroxyl groups excluding tert-OH is 2. The van der Waals surface area contributed by atoms with Crippen LogP contribution < -0.4 is 4.74 Å². The number of benzene rings is 6. The van der Waals surface area contributed by atoms with Gasteiger partial charge in [0.25, 0.3) is 0 Å². The summed E-state index contributed by atoms with van der Waals surface area (Å²) in [5.41, 5.74) is -11.2. The predicted molar refractivity (Wildman–Crippen MR) is 242 cm³/mol. The molecule has 0 aliphatic carbocycles. The topological polar surface area (TPSA) is 479 Å². The first-order chi connectivity index (χ1) is 35.8. The largest absolute Gasteiger partial charge is 0.507 e. The Bertz CT molecular complexity index is 3600. The Hall–Kier alpha value is -10.3. The first kappa shape index (κ1) is 49.3. The first-order valence-corrected chi connectivity index (χ1v) is 21.9. The van der Waals surface area contributed by atoms with Crippen molar-refractivity contribution in [2.75, 3.05) is 6.61 Å². The van der Waals surface area contributed by atoms with Crippen LogP contribution in [0.4, 0.5) is 0 Å². The molecule has 76 heavy (non-hydrogen) atoms. The molecule has 7 atom stereocenters. The van der Waals surface area contributed by atoms with Crippen molar-refractivity contribution in [2.24, 2.45) is 0 Å². The van der Waals surface area contributed by atoms with E-state index in [4.69, 9.17) is 23.7 Å². The Kier molecular flexibility index (Phi) is 11.1. The molecule has 10 rings (SSSR count). The van der Waals surface area contributed by atoms with Gasteiger partial charge in [-0.05, 0) is 35.9 Å². The van der Waals surface area contributed by atoms with E-state index in [1.54, 1.807) is 0 Å². The number of esters is 4. The van der Waals surface area contributed by atoms with E-state index >= 15 is 0 Å². The minimum atomic E-state index is -2.77. The standard InChI is InChI=1S/C49H36O27/c50-15-2-1-10(3-16(15)51)42-21(56)4-11-23(73-42)8-17(52)27(32(11)58)30-29-31-28(39(65)41(67)40(29)66)26-14(7-20(55)35(61)38(26)64)48(70)76-45(44(30)75-49(31)71)43-22(57)9-72-46(68)12-5-18(53)33(59)36(62)24(12)25-13(47(69)74-43)6-19(54)34(60)37(25)63/h1-3,5-8,21-22,30,42-45,50-67H,4,9H2/t21-,22-,30+,42-,43-,44+,45?/m1/s1. The maximum absolute atomic E-state index is 14.7. The normalized spacial score (nSPS) is 21.7. The second-order valence-electron chi connectivity index (χ2n) is 17.7. The molecule has 4 heterocycles. The zero-order valence-corrected chi connectivity index (χ0v) is 37.7. The lowest BCUT2D eigenvalue weighted by atomic mass is 9.74. The molecule has 1 unspecified atom stereocenters. The van der Waals surface area contributed by atoms with E-state index in [1.165, 1.54) is 6.07 Å². The van der Waals surface area contributed by atoms with Gasteiger partial charge in [0, 0.05) is 51.4 Å². The number of carbonyl (C=O) groups is 4. The third-order valence-corrected chi connectivity index (χ3v) is 13.4. The molecule has 4 aliphatic rings. The number of phenols is 16. The number of phenolic OH excluding ortho intramolecular Hbond substituents is 16. The highest BCUT2D eigenvalue weighted by Gasteiger charge is 2.56. The van der Waals surface area contributed by atoms with Gasteiger partial charge >= 0.3 is 23.9 Å². The second-order valence-corrected chi connectivity index (χ2v) is 17.7. The number of hydrogen-bond donors (Lipinski definition) is 18. The fourth-order valence-corrected chi connectivity index (χ4v) is 9.87. The van der Waals surface area contributed by atoms with Gasteiger partial charge in [-0.1, -0.05) is 6.07 Å². The molecule has 27 heteroatoms. The Labute approximate surface area is 420 Å². The summed E-state index contributed by atoms with van der Waals surface area (Å²) in [6, 6.07) is 5.42. The van der Waals surface area contributed by atoms with Gasteiger partial charge in [-0.15, -0.1) is 0 Å². The maximum Gasteiger partial charge on any atom is 0.339 e. The van der Waals surface area contributed by atoms with Gasteiger partial charge in [-0.3, -0.25) is 0 Å². The van der Waals surface area contributed by atoms with Gasteiger partial charge < -0.3 is 116 Å². The van der Waals surface area contributed by atoms with Crippen LogP contribution in [0.3, 0.4) is 0 Å². The van der Waals surface area contributed by atoms with E-state index < -0.39 is 227 Å². The molecular formula is C49H36O27. The molecule has 6 aromatic rings. The Morgan fingerprint density at radius 2 is 0.882 bits per heavy atom. The molecule has 0 saturated carbocycles. The zero-order valence-electron chi connectivity index (χ0n) is 37.7. The quantitative estimate of drug-likeness (QED) is 0.0687. The summed E-state index contributed by atoms with van der Waals surface area (Å²) in [6.07, 6.45) is -14.4. The summed E-state index contributed by atoms with van der Waals surface area (Å²) in [7, 11) is 0. The van der Waals surface area contributed by atoms with E-state index in [1.807, 2.05) is 0 Å². The lowest BCUT2D eigenvalue weighted by Crippen LogP contribution is -2.55. The summed E-state index contributed by atoms with van der Waals surface area (Å²) in [5, 5.41) is 200. The van der Waals surface area contributed by atoms with Crippen molar-refractivity contribution in [3.05, 3.63) is 87.0 Å². The molecule has 394 valence electrons. The molecule has 0 spiro atoms. The summed E-state index contributed by atoms with van der Waals surface area (Å²) in [4.78, 5) is 58.0. The van der Waals surface area contributed by atoms with E-state index in [2.05, 4.69) is 0 Å². The van der Waals surface area contributed by atoms with Crippen molar-refractivity contribution in [1.82, 2.24) is 0 Å². The highest BCUT2D eigenvalue weighted by molar-refractivity contribution is 6.11. The van der Waals surface area contributed by atoms with Gasteiger partial charge in [0.1, 0.15) is 36.1 Å². The van der Waals surface area contributed by atoms with Gasteiger partial charge in [-0.2, -0.15) is 0 Å². The second kappa shape index (κ2) is 17.2. The average molecular weight is 1060 g/mol. The van der Waals surface area contributed by atoms with Gasteiger partial charge in [0.05, 0.1) is 34.3 Å². The number of aromatic hydroxyl groups is 16. The van der Waals surface area contributed by atoms with E-state index in [9.17, 15) is 111 Å². The molecular weight excluding hydrogens is 1020 g/mol. The fourth-order valence-electron chi connectivity index (χ4n) is 9.87. The number of hydrogen-bond acceptors (Lipinski definition) is 27. The highest BCUT2D eigenvalue weighted by atomic mass is 16.6. The van der Waals surface area contributed by atoms with Crippen LogP contribution in [0, 0.1) is 0 Å². The molecule has 27 nitrogen and oxygen atoms in total. The van der Waals surface area contributed by atoms with Crippen LogP contribution >= 0.6 is 0 Å². The monoisotopic (exact) mass is 1060 g/mol. The molecule has 0 aromatic heterocycles. The number of cyclic esters (lactones) is 3. The third kappa shape index (κ3) is 7.11. The molecule has 4 aliphatic heterocycles. The highest BCUT2D eigenvalue weighted by Crippen LogP contribution is 2.62. The molecule has 0 saturated heterocycles. The van der Waals surface area contributed by atoms with Crippen LogP contribution in [0.25, 0.3) is 22.3 Å². The molecule has 0 fully saturated rings. The lowest BCUT2D eigenvalue weighted by Gasteiger charge is -2.42. The van der Waals surface area contributed by atoms with E-state index in [0.29, 0.717) is 18.2 Å². The summed E-state index contributed by atoms with van der Waals surface area (Å²) < 4.78 is 28.6. The number of ether oxygens (including phenoxy) is 5. The average Bonchev–Trinajstić information content (AvgIpc) is 3.41. The van der Waals surface area contributed by atoms with Crippen LogP contribution in [-0.4, -0.2) is 153 Å². The van der Waals surface area contributed by atoms with Crippen molar-refractivity contribution < 1.29 is 135 Å². The van der Waals surface area contributed by atoms with Crippen LogP contribution in [0.1, 0.15) is 75.7 Å². The number of rotatable bonds is 3. The van der Waals surface area contributed by atoms with Crippen LogP contribution in [-0.2, 0) is 25.4 Å². The minimum absolute atomic E-state index is 0.0708. The number of fused-ring (bicyclic) bond motifs is 8. The van der Waals surface area contributed by atoms with Crippen molar-refractivity contribution >= 4 is 23.9 Å². The van der Waals surface area contributed by atoms with Crippen molar-refractivity contribution in [1.29, 1.82) is 0 Å². The van der Waals surface area contributed by atoms with Crippen molar-refractivity contribution in [3.63, 3.8) is 0 Å². The molecule has 18 N–H and O–H groups in total. The van der Waals surface area contributed by atoms with Crippen LogP contribution in [0.15, 0.2) is 42.5 Å². The number of carbonyl (C=O) groups excluding carboxylic acids is 4. The zero-order chi connectivity index (χ0) is 55.0. The summed E-state index contributed by atoms with van der Waals surface area (Å²) in [5.74, 6) is -30.5. The third-order valence-electron chi connectivity index (χ3n) is 13.4. The molecule has 6 aromatic carbocycles. The van der Waals surface area contributed by atoms with E-state index in [0.717, 1.165) is 18.2 Å². The Morgan fingerprint density at radius 3 is 1.43 bits per heavy atom. The fraction of sp³-hybridized carbons (Fsp3) is 0.184. The lowest BCUT2D eigenvalue weighted by molar-refractivity contribution is -0.133. The smallest absolute Gasteiger partial charge is 0.339 e. The minimum Gasteiger partial charge on any atom is -0.507 e. The van der Waals surface area contributed by atoms with Gasteiger partial charge in [-0.25, -0.2) is 19.2 Å². The molecule has 0 amide bonds. The molecule has 2 bridgehead atoms. The van der Waals surface area contributed by atoms with Gasteiger partial charge in [0.2, 0.25) is 23.0 Å². The van der Waals surface area contributed by atoms with Crippen molar-refractivity contribution in [3.8, 4) is 120 Å². The Morgan fingerprint density at radius 1 is 0.382 bits per heavy atom. The number of aliphatic hydroxyl groups is 2. The molecule has 0 radical (unpaired) electrons. The van der Waals surface area contributed by atoms with Gasteiger partial charge in [0.15, 0.2) is 75.8 Å². The van der Waals surface area contributed by atoms with Crippen LogP contribution in [0.5, 0.6) is 97.7 Å². The SMILES string of the molecule is O=C1OC[C@@H](O)[C@H](C2OC(=O)c3cc(O)c(O)c(O)c3-c3c(O)c(O)c(O)c4c3C(=O)O[C@H]2[C@H]4c2c(O)cc3c(c2O)C[C@@H](O)[C@@H](c2ccc(O)c(O)c2)O3)OC(=O)c2cc(O)c(O)c(O)c2-c2c1cc(O)c(O)c2O. The predicted octanol–water partition coefficient (Wildman–Crippen LogP) is 2.31. The summed E-state index contributed by atoms with van der Waals surface area (Å²) in [6.45, 7) is -1.44. The first-order valence-electron chi connectivity index (χ1n) is 21.9. The summed E-state index contributed by atoms with van der Waals surface area (Å²) >= 11 is 0. The maximum atomic E-state index is 14.7. The van der Waals surface area contributed by atoms with Crippen LogP contribution in [0.2, 0.25) is 0 Å². The van der Waals surface area contributed by atoms with E-state index in [-0.39, 0.29) is 16.9 Å².